The molecule has 0 unspecified atom stereocenters. The van der Waals surface area contributed by atoms with Crippen LogP contribution in [-0.2, 0) is 19.8 Å². The van der Waals surface area contributed by atoms with E-state index >= 15 is 0 Å². The Morgan fingerprint density at radius 1 is 1.06 bits per heavy atom. The van der Waals surface area contributed by atoms with E-state index in [1.54, 1.807) is 4.90 Å². The Kier molecular flexibility index (Phi) is 8.63. The zero-order chi connectivity index (χ0) is 26.8. The molecule has 3 rings (SSSR count). The normalized spacial score (nSPS) is 25.2. The molecule has 2 amide bonds. The van der Waals surface area contributed by atoms with E-state index < -0.39 is 13.7 Å². The van der Waals surface area contributed by atoms with E-state index in [0.29, 0.717) is 13.2 Å². The smallest absolute Gasteiger partial charge is 0.326 e. The first-order valence-corrected chi connectivity index (χ1v) is 17.0. The lowest BCUT2D eigenvalue weighted by atomic mass is 9.68. The topological polar surface area (TPSA) is 62.3 Å². The third kappa shape index (κ3) is 6.69. The van der Waals surface area contributed by atoms with Crippen LogP contribution in [0.15, 0.2) is 30.3 Å². The number of urea groups is 1. The molecule has 1 aromatic carbocycles. The summed E-state index contributed by atoms with van der Waals surface area (Å²) < 4.78 is 11.6. The van der Waals surface area contributed by atoms with Gasteiger partial charge in [-0.3, -0.25) is 14.6 Å². The quantitative estimate of drug-likeness (QED) is 0.258. The van der Waals surface area contributed by atoms with Gasteiger partial charge in [0.05, 0.1) is 5.54 Å². The van der Waals surface area contributed by atoms with E-state index in [9.17, 15) is 9.59 Å². The minimum atomic E-state index is -1.23. The predicted molar refractivity (Wildman–Crippen MR) is 147 cm³/mol. The summed E-state index contributed by atoms with van der Waals surface area (Å²) in [6.07, 6.45) is 3.58. The van der Waals surface area contributed by atoms with Crippen LogP contribution >= 0.6 is 0 Å². The summed E-state index contributed by atoms with van der Waals surface area (Å²) in [4.78, 5) is 32.1. The number of hydrogen-bond donors (Lipinski definition) is 0. The summed E-state index contributed by atoms with van der Waals surface area (Å²) in [7, 11) is 3.07. The number of benzene rings is 1. The highest BCUT2D eigenvalue weighted by atomic mass is 28.3. The average Bonchev–Trinajstić information content (AvgIpc) is 3.01. The molecule has 0 aromatic heterocycles. The third-order valence-electron chi connectivity index (χ3n) is 7.69. The SMILES string of the molecule is CN(C)[C@]1(c2ccccc2)CC[C@@]2(CC1)CN(CC(=O)OC(C)(C)C)C(=O)N2COCC[Si](C)(C)C. The maximum absolute atomic E-state index is 13.6. The molecule has 0 N–H and O–H groups in total. The summed E-state index contributed by atoms with van der Waals surface area (Å²) in [5.74, 6) is -0.366. The molecule has 1 heterocycles. The molecular weight excluding hydrogens is 470 g/mol. The largest absolute Gasteiger partial charge is 0.459 e. The van der Waals surface area contributed by atoms with Crippen molar-refractivity contribution < 1.29 is 19.1 Å². The Morgan fingerprint density at radius 2 is 1.67 bits per heavy atom. The van der Waals surface area contributed by atoms with E-state index in [1.807, 2.05) is 25.7 Å². The Labute approximate surface area is 219 Å². The molecule has 0 bridgehead atoms. The number of esters is 1. The minimum absolute atomic E-state index is 0.0270. The molecule has 1 aliphatic heterocycles. The van der Waals surface area contributed by atoms with Crippen molar-refractivity contribution in [2.75, 3.05) is 40.5 Å². The molecule has 2 aliphatic rings. The highest BCUT2D eigenvalue weighted by Crippen LogP contribution is 2.48. The molecule has 1 spiro atoms. The van der Waals surface area contributed by atoms with Crippen LogP contribution in [0.5, 0.6) is 0 Å². The fourth-order valence-corrected chi connectivity index (χ4v) is 6.32. The summed E-state index contributed by atoms with van der Waals surface area (Å²) >= 11 is 0. The number of amides is 2. The van der Waals surface area contributed by atoms with Gasteiger partial charge in [0, 0.05) is 26.8 Å². The number of carbonyl (C=O) groups is 2. The standard InChI is InChI=1S/C28H47N3O4Si/c1-26(2,3)35-24(32)20-30-21-27(31(25(30)33)22-34-18-19-36(6,7)8)14-16-28(17-15-27,29(4)5)23-12-10-9-11-13-23/h9-13H,14-22H2,1-8H3/t27-,28-. The molecule has 1 saturated carbocycles. The van der Waals surface area contributed by atoms with E-state index in [-0.39, 0.29) is 36.4 Å². The first-order chi connectivity index (χ1) is 16.7. The van der Waals surface area contributed by atoms with Gasteiger partial charge < -0.3 is 14.4 Å². The van der Waals surface area contributed by atoms with Crippen LogP contribution < -0.4 is 0 Å². The van der Waals surface area contributed by atoms with E-state index in [0.717, 1.165) is 31.7 Å². The third-order valence-corrected chi connectivity index (χ3v) is 9.40. The Bertz CT molecular complexity index is 900. The molecule has 0 atom stereocenters. The van der Waals surface area contributed by atoms with Gasteiger partial charge in [-0.15, -0.1) is 0 Å². The van der Waals surface area contributed by atoms with Crippen molar-refractivity contribution in [1.29, 1.82) is 0 Å². The highest BCUT2D eigenvalue weighted by Gasteiger charge is 2.55. The second kappa shape index (κ2) is 10.8. The van der Waals surface area contributed by atoms with Gasteiger partial charge >= 0.3 is 12.0 Å². The lowest BCUT2D eigenvalue weighted by molar-refractivity contribution is -0.155. The van der Waals surface area contributed by atoms with E-state index in [2.05, 4.69) is 69.0 Å². The monoisotopic (exact) mass is 517 g/mol. The van der Waals surface area contributed by atoms with Crippen LogP contribution in [-0.4, -0.2) is 86.4 Å². The molecule has 1 aliphatic carbocycles. The number of hydrogen-bond acceptors (Lipinski definition) is 5. The molecule has 202 valence electrons. The Morgan fingerprint density at radius 3 is 2.19 bits per heavy atom. The van der Waals surface area contributed by atoms with Crippen molar-refractivity contribution in [2.24, 2.45) is 0 Å². The van der Waals surface area contributed by atoms with Crippen LogP contribution in [0.3, 0.4) is 0 Å². The number of carbonyl (C=O) groups excluding carboxylic acids is 2. The van der Waals surface area contributed by atoms with Gasteiger partial charge in [0.25, 0.3) is 0 Å². The van der Waals surface area contributed by atoms with Crippen LogP contribution in [0.4, 0.5) is 4.79 Å². The van der Waals surface area contributed by atoms with Gasteiger partial charge in [-0.05, 0) is 72.2 Å². The molecule has 2 fully saturated rings. The fraction of sp³-hybridized carbons (Fsp3) is 0.714. The molecule has 8 heteroatoms. The summed E-state index contributed by atoms with van der Waals surface area (Å²) in [6.45, 7) is 14.0. The second-order valence-electron chi connectivity index (χ2n) is 13.0. The van der Waals surface area contributed by atoms with Crippen molar-refractivity contribution in [2.45, 2.75) is 88.8 Å². The molecule has 36 heavy (non-hydrogen) atoms. The maximum Gasteiger partial charge on any atom is 0.326 e. The summed E-state index contributed by atoms with van der Waals surface area (Å²) in [6, 6.07) is 11.6. The average molecular weight is 518 g/mol. The van der Waals surface area contributed by atoms with Crippen molar-refractivity contribution in [3.63, 3.8) is 0 Å². The van der Waals surface area contributed by atoms with Gasteiger partial charge in [-0.25, -0.2) is 4.79 Å². The zero-order valence-corrected chi connectivity index (χ0v) is 24.7. The second-order valence-corrected chi connectivity index (χ2v) is 18.6. The lowest BCUT2D eigenvalue weighted by Gasteiger charge is -2.50. The van der Waals surface area contributed by atoms with Crippen LogP contribution in [0.25, 0.3) is 0 Å². The van der Waals surface area contributed by atoms with Crippen LogP contribution in [0.1, 0.15) is 52.0 Å². The van der Waals surface area contributed by atoms with Crippen LogP contribution in [0.2, 0.25) is 25.7 Å². The molecule has 7 nitrogen and oxygen atoms in total. The Balaban J connectivity index is 1.80. The van der Waals surface area contributed by atoms with Gasteiger partial charge in [-0.2, -0.15) is 0 Å². The van der Waals surface area contributed by atoms with Crippen molar-refractivity contribution in [3.05, 3.63) is 35.9 Å². The number of nitrogens with zero attached hydrogens (tertiary/aromatic N) is 3. The van der Waals surface area contributed by atoms with E-state index in [4.69, 9.17) is 9.47 Å². The van der Waals surface area contributed by atoms with Crippen molar-refractivity contribution in [1.82, 2.24) is 14.7 Å². The van der Waals surface area contributed by atoms with Crippen molar-refractivity contribution >= 4 is 20.1 Å². The van der Waals surface area contributed by atoms with Gasteiger partial charge in [0.1, 0.15) is 18.9 Å². The van der Waals surface area contributed by atoms with Gasteiger partial charge in [0.2, 0.25) is 0 Å². The van der Waals surface area contributed by atoms with Gasteiger partial charge in [0.15, 0.2) is 0 Å². The maximum atomic E-state index is 13.6. The van der Waals surface area contributed by atoms with E-state index in [1.165, 1.54) is 5.56 Å². The van der Waals surface area contributed by atoms with Crippen molar-refractivity contribution in [3.8, 4) is 0 Å². The minimum Gasteiger partial charge on any atom is -0.459 e. The zero-order valence-electron chi connectivity index (χ0n) is 23.7. The molecular formula is C28H47N3O4Si. The highest BCUT2D eigenvalue weighted by molar-refractivity contribution is 6.76. The summed E-state index contributed by atoms with van der Waals surface area (Å²) in [5, 5.41) is 0. The Hall–Kier alpha value is -1.90. The van der Waals surface area contributed by atoms with Gasteiger partial charge in [-0.1, -0.05) is 50.0 Å². The molecule has 0 radical (unpaired) electrons. The molecule has 1 saturated heterocycles. The first kappa shape index (κ1) is 28.7. The van der Waals surface area contributed by atoms with Crippen LogP contribution in [0, 0.1) is 0 Å². The lowest BCUT2D eigenvalue weighted by Crippen LogP contribution is -2.55. The summed E-state index contributed by atoms with van der Waals surface area (Å²) in [5.41, 5.74) is 0.325. The predicted octanol–water partition coefficient (Wildman–Crippen LogP) is 5.15. The number of rotatable bonds is 9. The number of ether oxygens (including phenoxy) is 2. The molecule has 1 aromatic rings. The first-order valence-electron chi connectivity index (χ1n) is 13.3. The fourth-order valence-electron chi connectivity index (χ4n) is 5.56.